The van der Waals surface area contributed by atoms with Crippen molar-refractivity contribution in [3.63, 3.8) is 0 Å². The Hall–Kier alpha value is -0.930. The van der Waals surface area contributed by atoms with Crippen LogP contribution >= 0.6 is 0 Å². The van der Waals surface area contributed by atoms with Gasteiger partial charge in [0.05, 0.1) is 0 Å². The zero-order valence-electron chi connectivity index (χ0n) is 12.7. The van der Waals surface area contributed by atoms with Crippen LogP contribution in [0.5, 0.6) is 0 Å². The summed E-state index contributed by atoms with van der Waals surface area (Å²) in [5.41, 5.74) is 2.81. The molecule has 1 saturated heterocycles. The van der Waals surface area contributed by atoms with Crippen molar-refractivity contribution >= 4 is 0 Å². The zero-order valence-corrected chi connectivity index (χ0v) is 12.7. The lowest BCUT2D eigenvalue weighted by molar-refractivity contribution is 0.0660. The maximum absolute atomic E-state index is 13.9. The summed E-state index contributed by atoms with van der Waals surface area (Å²) in [4.78, 5) is 2.48. The predicted molar refractivity (Wildman–Crippen MR) is 82.6 cm³/mol. The molecular weight excluding hydrogens is 263 g/mol. The minimum Gasteiger partial charge on any atom is -0.316 e. The average Bonchev–Trinajstić information content (AvgIpc) is 2.47. The van der Waals surface area contributed by atoms with E-state index in [0.717, 1.165) is 37.5 Å². The molecule has 1 saturated carbocycles. The average molecular weight is 288 g/mol. The van der Waals surface area contributed by atoms with Crippen LogP contribution in [0, 0.1) is 17.2 Å². The van der Waals surface area contributed by atoms with Gasteiger partial charge in [-0.1, -0.05) is 12.1 Å². The van der Waals surface area contributed by atoms with Gasteiger partial charge in [0, 0.05) is 38.3 Å². The SMILES string of the molecule is Fc1cccc2c1CN(CC1CCC3(CC1)CNC3)CC2. The standard InChI is InChI=1S/C18H25FN2/c19-17-3-1-2-15-6-9-21(11-16(15)17)10-14-4-7-18(8-5-14)12-20-13-18/h1-3,14,20H,4-13H2. The van der Waals surface area contributed by atoms with Gasteiger partial charge in [-0.25, -0.2) is 4.39 Å². The summed E-state index contributed by atoms with van der Waals surface area (Å²) in [6.07, 6.45) is 6.52. The predicted octanol–water partition coefficient (Wildman–Crippen LogP) is 2.96. The third kappa shape index (κ3) is 2.62. The highest BCUT2D eigenvalue weighted by molar-refractivity contribution is 5.30. The van der Waals surface area contributed by atoms with Gasteiger partial charge in [0.25, 0.3) is 0 Å². The first-order valence-electron chi connectivity index (χ1n) is 8.43. The van der Waals surface area contributed by atoms with Crippen LogP contribution in [0.3, 0.4) is 0 Å². The molecule has 2 aliphatic heterocycles. The number of rotatable bonds is 2. The van der Waals surface area contributed by atoms with Gasteiger partial charge in [-0.05, 0) is 55.1 Å². The van der Waals surface area contributed by atoms with E-state index in [2.05, 4.69) is 16.3 Å². The van der Waals surface area contributed by atoms with E-state index in [9.17, 15) is 4.39 Å². The molecule has 0 aromatic heterocycles. The molecular formula is C18H25FN2. The van der Waals surface area contributed by atoms with E-state index in [-0.39, 0.29) is 5.82 Å². The Morgan fingerprint density at radius 2 is 2.05 bits per heavy atom. The number of hydrogen-bond acceptors (Lipinski definition) is 2. The van der Waals surface area contributed by atoms with E-state index in [4.69, 9.17) is 0 Å². The van der Waals surface area contributed by atoms with E-state index in [1.165, 1.54) is 44.3 Å². The van der Waals surface area contributed by atoms with Gasteiger partial charge in [-0.3, -0.25) is 4.90 Å². The topological polar surface area (TPSA) is 15.3 Å². The van der Waals surface area contributed by atoms with Crippen molar-refractivity contribution in [2.75, 3.05) is 26.2 Å². The summed E-state index contributed by atoms with van der Waals surface area (Å²) in [6, 6.07) is 5.54. The number of halogens is 1. The fraction of sp³-hybridized carbons (Fsp3) is 0.667. The molecule has 2 heterocycles. The van der Waals surface area contributed by atoms with Crippen LogP contribution in [0.15, 0.2) is 18.2 Å². The van der Waals surface area contributed by atoms with E-state index in [1.54, 1.807) is 6.07 Å². The van der Waals surface area contributed by atoms with E-state index in [0.29, 0.717) is 5.41 Å². The molecule has 0 amide bonds. The van der Waals surface area contributed by atoms with Crippen LogP contribution in [-0.4, -0.2) is 31.1 Å². The van der Waals surface area contributed by atoms with Crippen LogP contribution in [0.4, 0.5) is 4.39 Å². The molecule has 114 valence electrons. The maximum atomic E-state index is 13.9. The molecule has 4 rings (SSSR count). The Labute approximate surface area is 126 Å². The van der Waals surface area contributed by atoms with Crippen molar-refractivity contribution in [1.29, 1.82) is 0 Å². The summed E-state index contributed by atoms with van der Waals surface area (Å²) < 4.78 is 13.9. The molecule has 21 heavy (non-hydrogen) atoms. The van der Waals surface area contributed by atoms with Gasteiger partial charge in [-0.15, -0.1) is 0 Å². The van der Waals surface area contributed by atoms with Crippen LogP contribution in [0.25, 0.3) is 0 Å². The molecule has 0 atom stereocenters. The Morgan fingerprint density at radius 3 is 2.76 bits per heavy atom. The van der Waals surface area contributed by atoms with Gasteiger partial charge in [0.2, 0.25) is 0 Å². The van der Waals surface area contributed by atoms with Crippen molar-refractivity contribution in [2.45, 2.75) is 38.6 Å². The minimum absolute atomic E-state index is 0.0136. The number of fused-ring (bicyclic) bond motifs is 1. The van der Waals surface area contributed by atoms with Gasteiger partial charge in [-0.2, -0.15) is 0 Å². The summed E-state index contributed by atoms with van der Waals surface area (Å²) in [6.45, 7) is 5.55. The van der Waals surface area contributed by atoms with Crippen molar-refractivity contribution in [1.82, 2.24) is 10.2 Å². The van der Waals surface area contributed by atoms with Crippen molar-refractivity contribution in [3.8, 4) is 0 Å². The highest BCUT2D eigenvalue weighted by Gasteiger charge is 2.40. The molecule has 2 nitrogen and oxygen atoms in total. The highest BCUT2D eigenvalue weighted by atomic mass is 19.1. The highest BCUT2D eigenvalue weighted by Crippen LogP contribution is 2.42. The van der Waals surface area contributed by atoms with Gasteiger partial charge >= 0.3 is 0 Å². The monoisotopic (exact) mass is 288 g/mol. The normalized spacial score (nSPS) is 25.6. The molecule has 0 radical (unpaired) electrons. The fourth-order valence-corrected chi connectivity index (χ4v) is 4.42. The van der Waals surface area contributed by atoms with Crippen LogP contribution in [0.1, 0.15) is 36.8 Å². The molecule has 1 aromatic rings. The second kappa shape index (κ2) is 5.36. The van der Waals surface area contributed by atoms with Crippen molar-refractivity contribution in [2.24, 2.45) is 11.3 Å². The van der Waals surface area contributed by atoms with Gasteiger partial charge in [0.15, 0.2) is 0 Å². The number of hydrogen-bond donors (Lipinski definition) is 1. The largest absolute Gasteiger partial charge is 0.316 e. The van der Waals surface area contributed by atoms with E-state index >= 15 is 0 Å². The molecule has 3 heteroatoms. The molecule has 1 N–H and O–H groups in total. The second-order valence-corrected chi connectivity index (χ2v) is 7.41. The lowest BCUT2D eigenvalue weighted by Crippen LogP contribution is -2.55. The Bertz CT molecular complexity index is 514. The van der Waals surface area contributed by atoms with Crippen molar-refractivity contribution < 1.29 is 4.39 Å². The van der Waals surface area contributed by atoms with E-state index < -0.39 is 0 Å². The molecule has 0 unspecified atom stereocenters. The van der Waals surface area contributed by atoms with Crippen LogP contribution < -0.4 is 5.32 Å². The summed E-state index contributed by atoms with van der Waals surface area (Å²) >= 11 is 0. The van der Waals surface area contributed by atoms with Crippen LogP contribution in [0.2, 0.25) is 0 Å². The van der Waals surface area contributed by atoms with Crippen molar-refractivity contribution in [3.05, 3.63) is 35.1 Å². The summed E-state index contributed by atoms with van der Waals surface area (Å²) in [5, 5.41) is 3.43. The first-order chi connectivity index (χ1) is 10.2. The quantitative estimate of drug-likeness (QED) is 0.900. The molecule has 1 aliphatic carbocycles. The van der Waals surface area contributed by atoms with Gasteiger partial charge < -0.3 is 5.32 Å². The van der Waals surface area contributed by atoms with Crippen LogP contribution in [-0.2, 0) is 13.0 Å². The summed E-state index contributed by atoms with van der Waals surface area (Å²) in [5.74, 6) is 0.810. The lowest BCUT2D eigenvalue weighted by atomic mass is 9.67. The fourth-order valence-electron chi connectivity index (χ4n) is 4.42. The Balaban J connectivity index is 1.35. The second-order valence-electron chi connectivity index (χ2n) is 7.41. The number of benzene rings is 1. The molecule has 1 aromatic carbocycles. The maximum Gasteiger partial charge on any atom is 0.127 e. The summed E-state index contributed by atoms with van der Waals surface area (Å²) in [7, 11) is 0. The molecule has 3 aliphatic rings. The molecule has 1 spiro atoms. The van der Waals surface area contributed by atoms with E-state index in [1.807, 2.05) is 6.07 Å². The third-order valence-electron chi connectivity index (χ3n) is 5.98. The Kier molecular flexibility index (Phi) is 3.50. The number of nitrogens with one attached hydrogen (secondary N) is 1. The molecule has 0 bridgehead atoms. The molecule has 2 fully saturated rings. The lowest BCUT2D eigenvalue weighted by Gasteiger charge is -2.48. The first-order valence-corrected chi connectivity index (χ1v) is 8.43. The minimum atomic E-state index is -0.0136. The first kappa shape index (κ1) is 13.7. The van der Waals surface area contributed by atoms with Gasteiger partial charge in [0.1, 0.15) is 5.82 Å². The third-order valence-corrected chi connectivity index (χ3v) is 5.98. The zero-order chi connectivity index (χ0) is 14.3. The smallest absolute Gasteiger partial charge is 0.127 e. The Morgan fingerprint density at radius 1 is 1.24 bits per heavy atom. The number of nitrogens with zero attached hydrogens (tertiary/aromatic N) is 1.